The molecule has 1 heteroatoms. The van der Waals surface area contributed by atoms with Crippen LogP contribution in [0, 0.1) is 11.3 Å². The molecule has 0 saturated heterocycles. The van der Waals surface area contributed by atoms with Crippen LogP contribution in [-0.4, -0.2) is 6.54 Å². The van der Waals surface area contributed by atoms with Crippen molar-refractivity contribution < 1.29 is 0 Å². The first-order valence-electron chi connectivity index (χ1n) is 7.40. The third kappa shape index (κ3) is 2.95. The van der Waals surface area contributed by atoms with Gasteiger partial charge in [-0.15, -0.1) is 0 Å². The Labute approximate surface area is 112 Å². The summed E-state index contributed by atoms with van der Waals surface area (Å²) in [7, 11) is 0. The maximum absolute atomic E-state index is 3.75. The SMILES string of the molecule is CCCNC(c1cccc(CC)c1)C1CC1(C)C. The maximum atomic E-state index is 3.75. The van der Waals surface area contributed by atoms with E-state index < -0.39 is 0 Å². The molecular weight excluding hydrogens is 218 g/mol. The molecule has 0 aliphatic heterocycles. The molecule has 1 saturated carbocycles. The minimum atomic E-state index is 0.521. The molecule has 2 atom stereocenters. The molecule has 1 N–H and O–H groups in total. The van der Waals surface area contributed by atoms with Gasteiger partial charge in [-0.05, 0) is 48.3 Å². The number of nitrogens with one attached hydrogen (secondary N) is 1. The van der Waals surface area contributed by atoms with Crippen molar-refractivity contribution in [1.82, 2.24) is 5.32 Å². The number of hydrogen-bond donors (Lipinski definition) is 1. The van der Waals surface area contributed by atoms with Crippen molar-refractivity contribution in [3.63, 3.8) is 0 Å². The Morgan fingerprint density at radius 2 is 2.06 bits per heavy atom. The normalized spacial score (nSPS) is 22.8. The van der Waals surface area contributed by atoms with Gasteiger partial charge in [0.1, 0.15) is 0 Å². The third-order valence-electron chi connectivity index (χ3n) is 4.32. The van der Waals surface area contributed by atoms with Crippen molar-refractivity contribution >= 4 is 0 Å². The molecule has 100 valence electrons. The molecule has 0 bridgehead atoms. The zero-order valence-electron chi connectivity index (χ0n) is 12.3. The summed E-state index contributed by atoms with van der Waals surface area (Å²) in [6, 6.07) is 9.68. The fourth-order valence-corrected chi connectivity index (χ4v) is 2.88. The van der Waals surface area contributed by atoms with E-state index in [9.17, 15) is 0 Å². The van der Waals surface area contributed by atoms with Crippen LogP contribution in [0.2, 0.25) is 0 Å². The van der Waals surface area contributed by atoms with E-state index in [0.717, 1.165) is 18.9 Å². The Morgan fingerprint density at radius 1 is 1.33 bits per heavy atom. The smallest absolute Gasteiger partial charge is 0.0354 e. The van der Waals surface area contributed by atoms with Gasteiger partial charge in [0.25, 0.3) is 0 Å². The van der Waals surface area contributed by atoms with Gasteiger partial charge in [0.05, 0.1) is 0 Å². The van der Waals surface area contributed by atoms with E-state index in [-0.39, 0.29) is 0 Å². The van der Waals surface area contributed by atoms with Gasteiger partial charge < -0.3 is 5.32 Å². The molecular formula is C17H27N. The van der Waals surface area contributed by atoms with Crippen LogP contribution in [-0.2, 0) is 6.42 Å². The molecule has 0 aromatic heterocycles. The van der Waals surface area contributed by atoms with Gasteiger partial charge >= 0.3 is 0 Å². The maximum Gasteiger partial charge on any atom is 0.0354 e. The predicted octanol–water partition coefficient (Wildman–Crippen LogP) is 4.34. The summed E-state index contributed by atoms with van der Waals surface area (Å²) in [4.78, 5) is 0. The monoisotopic (exact) mass is 245 g/mol. The summed E-state index contributed by atoms with van der Waals surface area (Å²) in [5, 5.41) is 3.75. The fraction of sp³-hybridized carbons (Fsp3) is 0.647. The van der Waals surface area contributed by atoms with Gasteiger partial charge in [0, 0.05) is 6.04 Å². The van der Waals surface area contributed by atoms with Crippen molar-refractivity contribution in [2.24, 2.45) is 11.3 Å². The van der Waals surface area contributed by atoms with E-state index >= 15 is 0 Å². The number of rotatable bonds is 6. The van der Waals surface area contributed by atoms with Crippen molar-refractivity contribution in [2.75, 3.05) is 6.54 Å². The number of aryl methyl sites for hydroxylation is 1. The Bertz CT molecular complexity index is 394. The minimum Gasteiger partial charge on any atom is -0.310 e. The molecule has 0 spiro atoms. The molecule has 1 aromatic carbocycles. The van der Waals surface area contributed by atoms with Crippen LogP contribution in [0.15, 0.2) is 24.3 Å². The van der Waals surface area contributed by atoms with Crippen molar-refractivity contribution in [2.45, 2.75) is 53.0 Å². The van der Waals surface area contributed by atoms with E-state index in [1.807, 2.05) is 0 Å². The van der Waals surface area contributed by atoms with E-state index in [0.29, 0.717) is 11.5 Å². The van der Waals surface area contributed by atoms with Gasteiger partial charge in [0.2, 0.25) is 0 Å². The number of hydrogen-bond acceptors (Lipinski definition) is 1. The van der Waals surface area contributed by atoms with Crippen LogP contribution in [0.5, 0.6) is 0 Å². The lowest BCUT2D eigenvalue weighted by molar-refractivity contribution is 0.415. The van der Waals surface area contributed by atoms with E-state index in [2.05, 4.69) is 57.3 Å². The summed E-state index contributed by atoms with van der Waals surface area (Å²) in [6.07, 6.45) is 3.68. The second kappa shape index (κ2) is 5.44. The van der Waals surface area contributed by atoms with Gasteiger partial charge in [0.15, 0.2) is 0 Å². The van der Waals surface area contributed by atoms with Crippen LogP contribution in [0.1, 0.15) is 57.7 Å². The summed E-state index contributed by atoms with van der Waals surface area (Å²) in [5.74, 6) is 0.802. The average Bonchev–Trinajstić information content (AvgIpc) is 2.99. The van der Waals surface area contributed by atoms with E-state index in [1.165, 1.54) is 24.0 Å². The number of benzene rings is 1. The van der Waals surface area contributed by atoms with Crippen molar-refractivity contribution in [3.05, 3.63) is 35.4 Å². The van der Waals surface area contributed by atoms with Crippen LogP contribution in [0.3, 0.4) is 0 Å². The molecule has 1 nitrogen and oxygen atoms in total. The Hall–Kier alpha value is -0.820. The van der Waals surface area contributed by atoms with Crippen LogP contribution < -0.4 is 5.32 Å². The van der Waals surface area contributed by atoms with Gasteiger partial charge in [-0.1, -0.05) is 52.0 Å². The largest absolute Gasteiger partial charge is 0.310 e. The van der Waals surface area contributed by atoms with Crippen LogP contribution in [0.4, 0.5) is 0 Å². The van der Waals surface area contributed by atoms with Crippen molar-refractivity contribution in [3.8, 4) is 0 Å². The molecule has 1 fully saturated rings. The topological polar surface area (TPSA) is 12.0 Å². The lowest BCUT2D eigenvalue weighted by atomic mass is 9.95. The van der Waals surface area contributed by atoms with Gasteiger partial charge in [-0.2, -0.15) is 0 Å². The Morgan fingerprint density at radius 3 is 2.61 bits per heavy atom. The third-order valence-corrected chi connectivity index (χ3v) is 4.32. The summed E-state index contributed by atoms with van der Waals surface area (Å²) in [5.41, 5.74) is 3.46. The quantitative estimate of drug-likeness (QED) is 0.786. The molecule has 2 unspecified atom stereocenters. The second-order valence-electron chi connectivity index (χ2n) is 6.33. The zero-order valence-corrected chi connectivity index (χ0v) is 12.3. The highest BCUT2D eigenvalue weighted by molar-refractivity contribution is 5.28. The first kappa shape index (κ1) is 13.6. The molecule has 2 rings (SSSR count). The van der Waals surface area contributed by atoms with Crippen molar-refractivity contribution in [1.29, 1.82) is 0 Å². The lowest BCUT2D eigenvalue weighted by Crippen LogP contribution is -2.25. The summed E-state index contributed by atoms with van der Waals surface area (Å²) in [6.45, 7) is 10.4. The average molecular weight is 245 g/mol. The second-order valence-corrected chi connectivity index (χ2v) is 6.33. The molecule has 0 radical (unpaired) electrons. The summed E-state index contributed by atoms with van der Waals surface area (Å²) >= 11 is 0. The fourth-order valence-electron chi connectivity index (χ4n) is 2.88. The standard InChI is InChI=1S/C17H27N/c1-5-10-18-16(15-12-17(15,3)4)14-9-7-8-13(6-2)11-14/h7-9,11,15-16,18H,5-6,10,12H2,1-4H3. The first-order chi connectivity index (χ1) is 8.58. The highest BCUT2D eigenvalue weighted by Gasteiger charge is 2.50. The van der Waals surface area contributed by atoms with Crippen LogP contribution >= 0.6 is 0 Å². The van der Waals surface area contributed by atoms with Gasteiger partial charge in [-0.25, -0.2) is 0 Å². The van der Waals surface area contributed by atoms with E-state index in [4.69, 9.17) is 0 Å². The molecule has 18 heavy (non-hydrogen) atoms. The van der Waals surface area contributed by atoms with Gasteiger partial charge in [-0.3, -0.25) is 0 Å². The Kier molecular flexibility index (Phi) is 4.11. The highest BCUT2D eigenvalue weighted by atomic mass is 14.9. The highest BCUT2D eigenvalue weighted by Crippen LogP contribution is 2.57. The Balaban J connectivity index is 2.17. The minimum absolute atomic E-state index is 0.521. The summed E-state index contributed by atoms with van der Waals surface area (Å²) < 4.78 is 0. The van der Waals surface area contributed by atoms with Crippen LogP contribution in [0.25, 0.3) is 0 Å². The molecule has 1 aromatic rings. The zero-order chi connectivity index (χ0) is 13.2. The molecule has 1 aliphatic rings. The predicted molar refractivity (Wildman–Crippen MR) is 78.7 cm³/mol. The molecule has 0 amide bonds. The molecule has 1 aliphatic carbocycles. The van der Waals surface area contributed by atoms with E-state index in [1.54, 1.807) is 0 Å². The first-order valence-corrected chi connectivity index (χ1v) is 7.40. The lowest BCUT2D eigenvalue weighted by Gasteiger charge is -2.21. The molecule has 0 heterocycles.